The molecule has 0 saturated carbocycles. The maximum atomic E-state index is 6.67. The molecule has 0 amide bonds. The highest BCUT2D eigenvalue weighted by Gasteiger charge is 2.21. The number of aryl methyl sites for hydroxylation is 1. The van der Waals surface area contributed by atoms with E-state index in [1.54, 1.807) is 0 Å². The predicted molar refractivity (Wildman–Crippen MR) is 287 cm³/mol. The van der Waals surface area contributed by atoms with Crippen molar-refractivity contribution in [1.29, 1.82) is 0 Å². The third kappa shape index (κ3) is 6.91. The summed E-state index contributed by atoms with van der Waals surface area (Å²) in [6.07, 6.45) is 0.821. The van der Waals surface area contributed by atoms with Crippen LogP contribution in [0, 0.1) is 0 Å². The molecule has 0 aliphatic rings. The molecule has 0 fully saturated rings. The van der Waals surface area contributed by atoms with Crippen molar-refractivity contribution in [1.82, 2.24) is 9.55 Å². The Morgan fingerprint density at radius 1 is 0.354 bits per heavy atom. The van der Waals surface area contributed by atoms with Crippen LogP contribution < -0.4 is 54.6 Å². The molecule has 1 aromatic heterocycles. The number of hydrogen-bond acceptors (Lipinski definition) is 1. The zero-order valence-electron chi connectivity index (χ0n) is 35.7. The minimum Gasteiger partial charge on any atom is -0.296 e. The molecule has 0 spiro atoms. The van der Waals surface area contributed by atoms with Crippen molar-refractivity contribution >= 4 is 166 Å². The molecule has 2 nitrogen and oxygen atoms in total. The molecule has 280 valence electrons. The first-order chi connectivity index (χ1) is 31.4. The van der Waals surface area contributed by atoms with Crippen LogP contribution in [0.3, 0.4) is 0 Å². The van der Waals surface area contributed by atoms with Gasteiger partial charge in [0.1, 0.15) is 84.3 Å². The minimum absolute atomic E-state index is 0.148. The Morgan fingerprint density at radius 3 is 1.32 bits per heavy atom. The van der Waals surface area contributed by atoms with Gasteiger partial charge in [-0.1, -0.05) is 132 Å². The van der Waals surface area contributed by atoms with Crippen LogP contribution in [0.1, 0.15) is 12.7 Å². The van der Waals surface area contributed by atoms with Crippen molar-refractivity contribution in [3.8, 4) is 61.3 Å². The number of hydrogen-bond donors (Lipinski definition) is 0. The fourth-order valence-electron chi connectivity index (χ4n) is 9.34. The van der Waals surface area contributed by atoms with Crippen LogP contribution in [0.15, 0.2) is 140 Å². The van der Waals surface area contributed by atoms with Gasteiger partial charge in [-0.05, 0) is 114 Å². The summed E-state index contributed by atoms with van der Waals surface area (Å²) in [5, 5.41) is 3.94. The first-order valence-electron chi connectivity index (χ1n) is 21.2. The summed E-state index contributed by atoms with van der Waals surface area (Å²) in [4.78, 5) is 4.88. The highest BCUT2D eigenvalue weighted by molar-refractivity contribution is 6.70. The van der Waals surface area contributed by atoms with Crippen LogP contribution >= 0.6 is 0 Å². The molecule has 10 rings (SSSR count). The van der Waals surface area contributed by atoms with Gasteiger partial charge in [0.2, 0.25) is 0 Å². The van der Waals surface area contributed by atoms with Crippen LogP contribution in [0.4, 0.5) is 0 Å². The molecule has 0 unspecified atom stereocenters. The smallest absolute Gasteiger partial charge is 0.114 e. The van der Waals surface area contributed by atoms with Crippen LogP contribution in [-0.4, -0.2) is 88.0 Å². The molecule has 0 aliphatic carbocycles. The fourth-order valence-corrected chi connectivity index (χ4v) is 9.34. The third-order valence-electron chi connectivity index (χ3n) is 12.7. The second-order valence-corrected chi connectivity index (χ2v) is 16.4. The van der Waals surface area contributed by atoms with Crippen molar-refractivity contribution in [3.63, 3.8) is 0 Å². The van der Waals surface area contributed by atoms with Gasteiger partial charge in [0.25, 0.3) is 0 Å². The molecule has 0 aliphatic heterocycles. The topological polar surface area (TPSA) is 17.8 Å². The average molecular weight is 801 g/mol. The van der Waals surface area contributed by atoms with Crippen molar-refractivity contribution in [2.75, 3.05) is 0 Å². The van der Waals surface area contributed by atoms with Crippen LogP contribution in [0.2, 0.25) is 0 Å². The summed E-state index contributed by atoms with van der Waals surface area (Å²) in [6, 6.07) is 48.0. The van der Waals surface area contributed by atoms with Gasteiger partial charge in [-0.2, -0.15) is 0 Å². The van der Waals surface area contributed by atoms with Gasteiger partial charge in [-0.15, -0.1) is 32.8 Å². The molecule has 9 aromatic carbocycles. The Morgan fingerprint density at radius 2 is 0.769 bits per heavy atom. The van der Waals surface area contributed by atoms with Gasteiger partial charge in [0, 0.05) is 12.1 Å². The van der Waals surface area contributed by atoms with E-state index in [0.29, 0.717) is 22.3 Å². The lowest BCUT2D eigenvalue weighted by Crippen LogP contribution is -2.55. The highest BCUT2D eigenvalue weighted by atomic mass is 15.1. The van der Waals surface area contributed by atoms with E-state index in [2.05, 4.69) is 109 Å². The quantitative estimate of drug-likeness (QED) is 0.179. The van der Waals surface area contributed by atoms with Crippen molar-refractivity contribution in [2.24, 2.45) is 0 Å². The number of benzene rings is 9. The molecular formula is C53H28B10N2. The van der Waals surface area contributed by atoms with E-state index in [1.807, 2.05) is 42.5 Å². The Labute approximate surface area is 393 Å². The molecule has 0 bridgehead atoms. The highest BCUT2D eigenvalue weighted by Crippen LogP contribution is 2.45. The summed E-state index contributed by atoms with van der Waals surface area (Å²) in [5.74, 6) is 1.02. The molecule has 1 heterocycles. The zero-order valence-corrected chi connectivity index (χ0v) is 35.7. The van der Waals surface area contributed by atoms with Crippen LogP contribution in [0.5, 0.6) is 0 Å². The normalized spacial score (nSPS) is 11.5. The zero-order chi connectivity index (χ0) is 45.4. The molecule has 12 heteroatoms. The Bertz CT molecular complexity index is 3520. The van der Waals surface area contributed by atoms with Gasteiger partial charge in [0.05, 0.1) is 11.0 Å². The van der Waals surface area contributed by atoms with Gasteiger partial charge >= 0.3 is 0 Å². The van der Waals surface area contributed by atoms with E-state index in [0.717, 1.165) is 83.9 Å². The van der Waals surface area contributed by atoms with Gasteiger partial charge in [-0.25, -0.2) is 4.98 Å². The SMILES string of the molecule is [B]c1c([B])c([B])c(-c2cccc(-c3c4ccccc4c(-c4ccc(-c5ccc(-n6c(CC)nc7ccccc76)cc5)cc4)c4ccc(-c5c([B])c([B])c([B])c([B])c5[B])cc34)c2)c([B])c1[B]. The van der Waals surface area contributed by atoms with Gasteiger partial charge < -0.3 is 0 Å². The second-order valence-electron chi connectivity index (χ2n) is 16.4. The van der Waals surface area contributed by atoms with E-state index in [-0.39, 0.29) is 54.6 Å². The number of nitrogens with zero attached hydrogens (tertiary/aromatic N) is 2. The Kier molecular flexibility index (Phi) is 10.8. The number of rotatable bonds is 7. The maximum absolute atomic E-state index is 6.67. The lowest BCUT2D eigenvalue weighted by atomic mass is 9.59. The lowest BCUT2D eigenvalue weighted by Gasteiger charge is -2.24. The molecule has 20 radical (unpaired) electrons. The monoisotopic (exact) mass is 802 g/mol. The summed E-state index contributed by atoms with van der Waals surface area (Å²) >= 11 is 0. The molecule has 0 saturated heterocycles. The maximum Gasteiger partial charge on any atom is 0.114 e. The second kappa shape index (κ2) is 16.6. The van der Waals surface area contributed by atoms with Gasteiger partial charge in [0.15, 0.2) is 0 Å². The van der Waals surface area contributed by atoms with Crippen molar-refractivity contribution < 1.29 is 0 Å². The standard InChI is InChI=1S/C53H28B10N2/c1-2-39-64-37-12-5-6-13-38(37)65(39)32-21-18-27(19-22-32)26-14-16-28(17-15-26)40-33-10-3-4-11-34(33)41(29-8-7-9-30(24-29)42-44(54)48(58)52(62)49(59)45(42)55)36-25-31(20-23-35(36)40)43-46(56)50(60)53(63)51(61)47(43)57/h3-25H,2H2,1H3. The molecule has 10 aromatic rings. The third-order valence-corrected chi connectivity index (χ3v) is 12.7. The van der Waals surface area contributed by atoms with Crippen LogP contribution in [0.25, 0.3) is 93.9 Å². The van der Waals surface area contributed by atoms with E-state index >= 15 is 0 Å². The van der Waals surface area contributed by atoms with E-state index in [1.165, 1.54) is 0 Å². The average Bonchev–Trinajstić information content (AvgIpc) is 3.72. The van der Waals surface area contributed by atoms with Gasteiger partial charge in [-0.3, -0.25) is 4.57 Å². The minimum atomic E-state index is 0.148. The summed E-state index contributed by atoms with van der Waals surface area (Å²) in [5.41, 5.74) is 13.7. The molecule has 0 N–H and O–H groups in total. The summed E-state index contributed by atoms with van der Waals surface area (Å²) in [6.45, 7) is 2.13. The lowest BCUT2D eigenvalue weighted by molar-refractivity contribution is 0.908. The number of para-hydroxylation sites is 2. The summed E-state index contributed by atoms with van der Waals surface area (Å²) in [7, 11) is 64.4. The molecule has 65 heavy (non-hydrogen) atoms. The first-order valence-corrected chi connectivity index (χ1v) is 21.2. The summed E-state index contributed by atoms with van der Waals surface area (Å²) < 4.78 is 2.23. The predicted octanol–water partition coefficient (Wildman–Crippen LogP) is 2.17. The van der Waals surface area contributed by atoms with E-state index in [9.17, 15) is 0 Å². The van der Waals surface area contributed by atoms with Crippen LogP contribution in [-0.2, 0) is 6.42 Å². The number of fused-ring (bicyclic) bond motifs is 3. The molecule has 0 atom stereocenters. The Balaban J connectivity index is 1.16. The van der Waals surface area contributed by atoms with E-state index in [4.69, 9.17) is 83.4 Å². The van der Waals surface area contributed by atoms with Crippen molar-refractivity contribution in [3.05, 3.63) is 145 Å². The first kappa shape index (κ1) is 42.6. The van der Waals surface area contributed by atoms with E-state index < -0.39 is 0 Å². The largest absolute Gasteiger partial charge is 0.296 e. The fraction of sp³-hybridized carbons (Fsp3) is 0.0377. The molecular weight excluding hydrogens is 773 g/mol. The number of imidazole rings is 1. The van der Waals surface area contributed by atoms with Crippen molar-refractivity contribution in [2.45, 2.75) is 13.3 Å². The Hall–Kier alpha value is -6.38. The number of aromatic nitrogens is 2.